The van der Waals surface area contributed by atoms with Crippen molar-refractivity contribution in [2.24, 2.45) is 17.3 Å². The van der Waals surface area contributed by atoms with Gasteiger partial charge in [-0.05, 0) is 62.3 Å². The summed E-state index contributed by atoms with van der Waals surface area (Å²) in [5, 5.41) is 34.0. The lowest BCUT2D eigenvalue weighted by Gasteiger charge is -2.28. The van der Waals surface area contributed by atoms with Gasteiger partial charge in [-0.1, -0.05) is 81.5 Å². The Hall–Kier alpha value is -4.42. The molecule has 0 saturated carbocycles. The first-order valence-corrected chi connectivity index (χ1v) is 15.6. The summed E-state index contributed by atoms with van der Waals surface area (Å²) in [5.74, 6) is -3.69. The van der Waals surface area contributed by atoms with E-state index in [2.05, 4.69) is 10.5 Å². The topological polar surface area (TPSA) is 171 Å². The zero-order valence-electron chi connectivity index (χ0n) is 27.9. The number of benzene rings is 2. The zero-order valence-corrected chi connectivity index (χ0v) is 27.9. The lowest BCUT2D eigenvalue weighted by molar-refractivity contribution is -0.178. The molecule has 254 valence electrons. The van der Waals surface area contributed by atoms with E-state index >= 15 is 0 Å². The maximum absolute atomic E-state index is 13.5. The molecule has 0 aliphatic carbocycles. The van der Waals surface area contributed by atoms with E-state index in [4.69, 9.17) is 9.47 Å². The van der Waals surface area contributed by atoms with E-state index in [9.17, 15) is 34.4 Å². The van der Waals surface area contributed by atoms with Crippen molar-refractivity contribution in [1.82, 2.24) is 10.5 Å². The molecule has 5 N–H and O–H groups in total. The number of hydrogen-bond acceptors (Lipinski definition) is 9. The fourth-order valence-corrected chi connectivity index (χ4v) is 4.38. The van der Waals surface area contributed by atoms with E-state index in [1.807, 2.05) is 63.3 Å². The molecule has 11 nitrogen and oxygen atoms in total. The molecule has 0 radical (unpaired) electrons. The number of aromatic hydroxyl groups is 1. The van der Waals surface area contributed by atoms with Crippen LogP contribution in [0.15, 0.2) is 72.8 Å². The van der Waals surface area contributed by atoms with Gasteiger partial charge >= 0.3 is 25.0 Å². The van der Waals surface area contributed by atoms with Crippen LogP contribution in [0.2, 0.25) is 6.82 Å². The van der Waals surface area contributed by atoms with Gasteiger partial charge in [-0.2, -0.15) is 0 Å². The Morgan fingerprint density at radius 1 is 0.979 bits per heavy atom. The van der Waals surface area contributed by atoms with Crippen LogP contribution in [0.5, 0.6) is 5.75 Å². The first-order chi connectivity index (χ1) is 22.1. The van der Waals surface area contributed by atoms with Gasteiger partial charge in [0.25, 0.3) is 0 Å². The number of nitrogens with one attached hydrogen (secondary N) is 2. The molecule has 2 rings (SSSR count). The summed E-state index contributed by atoms with van der Waals surface area (Å²) < 4.78 is 11.6. The molecule has 2 aromatic rings. The number of esters is 2. The van der Waals surface area contributed by atoms with Gasteiger partial charge in [-0.15, -0.1) is 0 Å². The van der Waals surface area contributed by atoms with Crippen LogP contribution in [0.1, 0.15) is 64.6 Å². The molecule has 0 heterocycles. The second-order valence-corrected chi connectivity index (χ2v) is 12.6. The molecule has 47 heavy (non-hydrogen) atoms. The lowest BCUT2D eigenvalue weighted by atomic mass is 9.84. The number of carbonyl (C=O) groups is 4. The van der Waals surface area contributed by atoms with E-state index in [1.165, 1.54) is 43.2 Å². The molecule has 0 fully saturated rings. The summed E-state index contributed by atoms with van der Waals surface area (Å²) in [5.41, 5.74) is 0.175. The zero-order chi connectivity index (χ0) is 35.1. The number of rotatable bonds is 18. The highest BCUT2D eigenvalue weighted by molar-refractivity contribution is 6.45. The van der Waals surface area contributed by atoms with Crippen LogP contribution >= 0.6 is 0 Å². The van der Waals surface area contributed by atoms with Crippen molar-refractivity contribution in [2.45, 2.75) is 72.5 Å². The standard InChI is InChI=1S/C35H47BN2O9/c1-23(2)21-29(47-34(44)35(4,5)22-37-36(6)45)33(43)46-28(24(3)15-16-25-11-8-7-9-12-25)13-10-14-30(40)38-31(32(41)42)26-17-19-27(39)20-18-26/h7-12,14-20,23-24,28-29,31,37,39,45H,13,21-22H2,1-6H3,(H,38,40)(H,41,42)/b14-10+,16-15+/t24?,28?,29-,31+/m0/s1. The van der Waals surface area contributed by atoms with Crippen molar-refractivity contribution in [2.75, 3.05) is 6.54 Å². The number of aliphatic carboxylic acids is 1. The normalized spacial score (nSPS) is 14.4. The molecule has 0 aromatic heterocycles. The van der Waals surface area contributed by atoms with Crippen LogP contribution in [-0.4, -0.2) is 64.9 Å². The fourth-order valence-electron chi connectivity index (χ4n) is 4.38. The van der Waals surface area contributed by atoms with Gasteiger partial charge in [0.15, 0.2) is 12.1 Å². The van der Waals surface area contributed by atoms with E-state index in [0.717, 1.165) is 5.56 Å². The van der Waals surface area contributed by atoms with Crippen molar-refractivity contribution >= 4 is 36.9 Å². The van der Waals surface area contributed by atoms with Gasteiger partial charge in [0.2, 0.25) is 5.91 Å². The molecular weight excluding hydrogens is 603 g/mol. The Bertz CT molecular complexity index is 1380. The van der Waals surface area contributed by atoms with Crippen LogP contribution in [0.4, 0.5) is 0 Å². The summed E-state index contributed by atoms with van der Waals surface area (Å²) >= 11 is 0. The molecule has 0 aliphatic heterocycles. The monoisotopic (exact) mass is 650 g/mol. The van der Waals surface area contributed by atoms with Crippen LogP contribution in [0, 0.1) is 17.3 Å². The maximum atomic E-state index is 13.5. The third-order valence-corrected chi connectivity index (χ3v) is 7.23. The number of amides is 1. The van der Waals surface area contributed by atoms with Crippen molar-refractivity contribution < 1.29 is 43.9 Å². The fraction of sp³-hybridized carbons (Fsp3) is 0.429. The number of ether oxygens (including phenoxy) is 2. The Kier molecular flexibility index (Phi) is 15.4. The van der Waals surface area contributed by atoms with Crippen molar-refractivity contribution in [3.8, 4) is 5.75 Å². The van der Waals surface area contributed by atoms with E-state index in [-0.39, 0.29) is 42.5 Å². The van der Waals surface area contributed by atoms with Gasteiger partial charge < -0.3 is 35.3 Å². The van der Waals surface area contributed by atoms with Crippen LogP contribution < -0.4 is 10.5 Å². The van der Waals surface area contributed by atoms with Gasteiger partial charge in [-0.3, -0.25) is 9.59 Å². The van der Waals surface area contributed by atoms with E-state index < -0.39 is 54.5 Å². The summed E-state index contributed by atoms with van der Waals surface area (Å²) in [6, 6.07) is 13.7. The number of carboxylic acids is 1. The minimum Gasteiger partial charge on any atom is -0.508 e. The predicted molar refractivity (Wildman–Crippen MR) is 180 cm³/mol. The summed E-state index contributed by atoms with van der Waals surface area (Å²) in [4.78, 5) is 51.2. The van der Waals surface area contributed by atoms with Crippen molar-refractivity contribution in [3.05, 3.63) is 84.0 Å². The van der Waals surface area contributed by atoms with Crippen LogP contribution in [0.25, 0.3) is 6.08 Å². The second kappa shape index (κ2) is 18.7. The largest absolute Gasteiger partial charge is 0.508 e. The van der Waals surface area contributed by atoms with E-state index in [0.29, 0.717) is 0 Å². The average molecular weight is 651 g/mol. The number of phenols is 1. The molecule has 0 aliphatic rings. The number of carbonyl (C=O) groups excluding carboxylic acids is 3. The van der Waals surface area contributed by atoms with Gasteiger partial charge in [0.1, 0.15) is 11.9 Å². The average Bonchev–Trinajstić information content (AvgIpc) is 3.01. The maximum Gasteiger partial charge on any atom is 0.373 e. The van der Waals surface area contributed by atoms with Crippen LogP contribution in [0.3, 0.4) is 0 Å². The minimum absolute atomic E-state index is 0.00717. The molecule has 0 bridgehead atoms. The van der Waals surface area contributed by atoms with Crippen molar-refractivity contribution in [3.63, 3.8) is 0 Å². The second-order valence-electron chi connectivity index (χ2n) is 12.6. The van der Waals surface area contributed by atoms with Crippen molar-refractivity contribution in [1.29, 1.82) is 0 Å². The molecule has 12 heteroatoms. The first kappa shape index (κ1) is 38.8. The van der Waals surface area contributed by atoms with Gasteiger partial charge in [0, 0.05) is 18.9 Å². The minimum atomic E-state index is -1.35. The number of phenolic OH excluding ortho intramolecular Hbond substituents is 1. The Morgan fingerprint density at radius 3 is 2.19 bits per heavy atom. The molecule has 2 unspecified atom stereocenters. The van der Waals surface area contributed by atoms with Gasteiger partial charge in [-0.25, -0.2) is 9.59 Å². The summed E-state index contributed by atoms with van der Waals surface area (Å²) in [6.07, 6.45) is 4.80. The predicted octanol–water partition coefficient (Wildman–Crippen LogP) is 4.53. The molecular formula is C35H47BN2O9. The quantitative estimate of drug-likeness (QED) is 0.0878. The van der Waals surface area contributed by atoms with Crippen LogP contribution in [-0.2, 0) is 28.7 Å². The molecule has 0 spiro atoms. The third-order valence-electron chi connectivity index (χ3n) is 7.23. The van der Waals surface area contributed by atoms with E-state index in [1.54, 1.807) is 13.8 Å². The lowest BCUT2D eigenvalue weighted by Crippen LogP contribution is -2.45. The third kappa shape index (κ3) is 13.9. The number of carboxylic acid groups (broad SMARTS) is 1. The summed E-state index contributed by atoms with van der Waals surface area (Å²) in [7, 11) is -0.831. The molecule has 2 aromatic carbocycles. The first-order valence-electron chi connectivity index (χ1n) is 15.6. The smallest absolute Gasteiger partial charge is 0.373 e. The highest BCUT2D eigenvalue weighted by atomic mass is 16.6. The Balaban J connectivity index is 2.24. The highest BCUT2D eigenvalue weighted by Gasteiger charge is 2.36. The highest BCUT2D eigenvalue weighted by Crippen LogP contribution is 2.23. The molecule has 0 saturated heterocycles. The molecule has 1 amide bonds. The Labute approximate surface area is 277 Å². The van der Waals surface area contributed by atoms with Gasteiger partial charge in [0.05, 0.1) is 5.41 Å². The summed E-state index contributed by atoms with van der Waals surface area (Å²) in [6.45, 7) is 10.6. The number of hydrogen-bond donors (Lipinski definition) is 5. The Morgan fingerprint density at radius 2 is 1.62 bits per heavy atom. The SMILES string of the molecule is CB(O)NCC(C)(C)C(=O)O[C@@H](CC(C)C)C(=O)OC(C/C=C/C(=O)N[C@@H](C(=O)O)c1ccc(O)cc1)C(C)/C=C/c1ccccc1. The molecule has 4 atom stereocenters.